The number of carbonyl (C=O) groups excluding carboxylic acids is 1. The summed E-state index contributed by atoms with van der Waals surface area (Å²) < 4.78 is 0. The van der Waals surface area contributed by atoms with Crippen molar-refractivity contribution in [2.24, 2.45) is 11.7 Å². The maximum atomic E-state index is 10.7. The first-order chi connectivity index (χ1) is 9.54. The highest BCUT2D eigenvalue weighted by molar-refractivity contribution is 5.87. The summed E-state index contributed by atoms with van der Waals surface area (Å²) in [5, 5.41) is 15.6. The van der Waals surface area contributed by atoms with Crippen LogP contribution < -0.4 is 16.4 Å². The average molecular weight is 277 g/mol. The van der Waals surface area contributed by atoms with Gasteiger partial charge in [0, 0.05) is 11.7 Å². The maximum absolute atomic E-state index is 10.7. The third kappa shape index (κ3) is 4.21. The number of hydrogen-bond donors (Lipinski definition) is 4. The quantitative estimate of drug-likeness (QED) is 0.663. The van der Waals surface area contributed by atoms with Gasteiger partial charge >= 0.3 is 6.03 Å². The Morgan fingerprint density at radius 3 is 2.65 bits per heavy atom. The fourth-order valence-electron chi connectivity index (χ4n) is 2.69. The number of rotatable bonds is 5. The Morgan fingerprint density at radius 1 is 1.40 bits per heavy atom. The molecule has 1 aromatic rings. The van der Waals surface area contributed by atoms with Gasteiger partial charge < -0.3 is 21.5 Å². The number of anilines is 1. The number of benzene rings is 1. The van der Waals surface area contributed by atoms with E-state index in [2.05, 4.69) is 17.6 Å². The van der Waals surface area contributed by atoms with Crippen LogP contribution in [0.2, 0.25) is 0 Å². The van der Waals surface area contributed by atoms with Gasteiger partial charge in [-0.05, 0) is 56.3 Å². The summed E-state index contributed by atoms with van der Waals surface area (Å²) >= 11 is 0. The molecule has 0 radical (unpaired) electrons. The van der Waals surface area contributed by atoms with Crippen LogP contribution in [0.15, 0.2) is 24.3 Å². The topological polar surface area (TPSA) is 87.4 Å². The minimum absolute atomic E-state index is 0.115. The van der Waals surface area contributed by atoms with E-state index in [4.69, 9.17) is 5.73 Å². The minimum atomic E-state index is -0.552. The van der Waals surface area contributed by atoms with Crippen molar-refractivity contribution in [3.8, 4) is 0 Å². The highest BCUT2D eigenvalue weighted by atomic mass is 16.3. The number of amides is 2. The highest BCUT2D eigenvalue weighted by Gasteiger charge is 2.22. The normalized spacial score (nSPS) is 23.5. The van der Waals surface area contributed by atoms with Gasteiger partial charge in [0.25, 0.3) is 0 Å². The summed E-state index contributed by atoms with van der Waals surface area (Å²) in [6, 6.07) is 7.34. The van der Waals surface area contributed by atoms with Gasteiger partial charge in [0.15, 0.2) is 0 Å². The van der Waals surface area contributed by atoms with Gasteiger partial charge in [-0.15, -0.1) is 0 Å². The van der Waals surface area contributed by atoms with Gasteiger partial charge in [-0.2, -0.15) is 0 Å². The first-order valence-electron chi connectivity index (χ1n) is 7.12. The van der Waals surface area contributed by atoms with Gasteiger partial charge in [0.1, 0.15) is 0 Å². The molecule has 5 heteroatoms. The number of primary amides is 1. The van der Waals surface area contributed by atoms with E-state index in [-0.39, 0.29) is 12.1 Å². The molecule has 0 saturated heterocycles. The molecule has 20 heavy (non-hydrogen) atoms. The van der Waals surface area contributed by atoms with Crippen molar-refractivity contribution in [2.45, 2.75) is 38.3 Å². The lowest BCUT2D eigenvalue weighted by Gasteiger charge is -2.18. The second-order valence-corrected chi connectivity index (χ2v) is 5.57. The fraction of sp³-hybridized carbons (Fsp3) is 0.533. The van der Waals surface area contributed by atoms with Crippen LogP contribution in [-0.4, -0.2) is 23.8 Å². The van der Waals surface area contributed by atoms with Crippen molar-refractivity contribution in [1.29, 1.82) is 0 Å². The Labute approximate surface area is 119 Å². The summed E-state index contributed by atoms with van der Waals surface area (Å²) in [4.78, 5) is 10.7. The van der Waals surface area contributed by atoms with E-state index in [1.54, 1.807) is 0 Å². The Balaban J connectivity index is 1.82. The van der Waals surface area contributed by atoms with Crippen LogP contribution in [0.1, 0.15) is 37.8 Å². The van der Waals surface area contributed by atoms with Crippen LogP contribution in [0.3, 0.4) is 0 Å². The lowest BCUT2D eigenvalue weighted by Crippen LogP contribution is -2.25. The van der Waals surface area contributed by atoms with Crippen LogP contribution in [-0.2, 0) is 0 Å². The average Bonchev–Trinajstić information content (AvgIpc) is 2.82. The Hall–Kier alpha value is -1.59. The molecule has 1 aliphatic rings. The summed E-state index contributed by atoms with van der Waals surface area (Å²) in [7, 11) is 0. The predicted molar refractivity (Wildman–Crippen MR) is 79.4 cm³/mol. The summed E-state index contributed by atoms with van der Waals surface area (Å²) in [6.45, 7) is 3.04. The van der Waals surface area contributed by atoms with Gasteiger partial charge in [-0.3, -0.25) is 0 Å². The third-order valence-electron chi connectivity index (χ3n) is 3.90. The van der Waals surface area contributed by atoms with Crippen LogP contribution in [0.25, 0.3) is 0 Å². The second kappa shape index (κ2) is 6.72. The van der Waals surface area contributed by atoms with Crippen molar-refractivity contribution in [3.05, 3.63) is 29.8 Å². The molecule has 1 aliphatic carbocycles. The molecule has 1 aromatic carbocycles. The SMILES string of the molecule is CC(NCC1CCC(O)C1)c1ccc(NC(N)=O)cc1. The molecule has 1 saturated carbocycles. The molecule has 0 aromatic heterocycles. The van der Waals surface area contributed by atoms with Gasteiger partial charge in [-0.25, -0.2) is 4.79 Å². The number of nitrogens with one attached hydrogen (secondary N) is 2. The molecule has 5 nitrogen and oxygen atoms in total. The molecule has 5 N–H and O–H groups in total. The number of carbonyl (C=O) groups is 1. The van der Waals surface area contributed by atoms with Crippen LogP contribution in [0.4, 0.5) is 10.5 Å². The molecule has 3 atom stereocenters. The van der Waals surface area contributed by atoms with Crippen LogP contribution >= 0.6 is 0 Å². The molecule has 0 spiro atoms. The Morgan fingerprint density at radius 2 is 2.10 bits per heavy atom. The van der Waals surface area contributed by atoms with Crippen molar-refractivity contribution >= 4 is 11.7 Å². The number of aliphatic hydroxyl groups is 1. The molecular weight excluding hydrogens is 254 g/mol. The smallest absolute Gasteiger partial charge is 0.316 e. The molecule has 0 bridgehead atoms. The molecule has 0 heterocycles. The van der Waals surface area contributed by atoms with Crippen LogP contribution in [0.5, 0.6) is 0 Å². The first kappa shape index (κ1) is 14.8. The number of aliphatic hydroxyl groups excluding tert-OH is 1. The lowest BCUT2D eigenvalue weighted by molar-refractivity contribution is 0.177. The fourth-order valence-corrected chi connectivity index (χ4v) is 2.69. The van der Waals surface area contributed by atoms with Crippen molar-refractivity contribution in [2.75, 3.05) is 11.9 Å². The minimum Gasteiger partial charge on any atom is -0.393 e. The second-order valence-electron chi connectivity index (χ2n) is 5.57. The van der Waals surface area contributed by atoms with E-state index in [1.165, 1.54) is 5.56 Å². The molecular formula is C15H23N3O2. The molecule has 3 unspecified atom stereocenters. The van der Waals surface area contributed by atoms with Crippen molar-refractivity contribution in [1.82, 2.24) is 5.32 Å². The molecule has 0 aliphatic heterocycles. The zero-order chi connectivity index (χ0) is 14.5. The third-order valence-corrected chi connectivity index (χ3v) is 3.90. The van der Waals surface area contributed by atoms with E-state index < -0.39 is 6.03 Å². The van der Waals surface area contributed by atoms with E-state index >= 15 is 0 Å². The summed E-state index contributed by atoms with van der Waals surface area (Å²) in [5.74, 6) is 0.572. The summed E-state index contributed by atoms with van der Waals surface area (Å²) in [6.07, 6.45) is 2.81. The van der Waals surface area contributed by atoms with Gasteiger partial charge in [0.05, 0.1) is 6.10 Å². The van der Waals surface area contributed by atoms with E-state index in [0.29, 0.717) is 11.6 Å². The molecule has 110 valence electrons. The van der Waals surface area contributed by atoms with E-state index in [1.807, 2.05) is 24.3 Å². The molecule has 2 rings (SSSR count). The number of urea groups is 1. The maximum Gasteiger partial charge on any atom is 0.316 e. The van der Waals surface area contributed by atoms with Gasteiger partial charge in [0.2, 0.25) is 0 Å². The number of hydrogen-bond acceptors (Lipinski definition) is 3. The summed E-state index contributed by atoms with van der Waals surface area (Å²) in [5.41, 5.74) is 6.93. The zero-order valence-corrected chi connectivity index (χ0v) is 11.8. The van der Waals surface area contributed by atoms with Crippen molar-refractivity contribution in [3.63, 3.8) is 0 Å². The monoisotopic (exact) mass is 277 g/mol. The van der Waals surface area contributed by atoms with Crippen molar-refractivity contribution < 1.29 is 9.90 Å². The predicted octanol–water partition coefficient (Wildman–Crippen LogP) is 1.99. The lowest BCUT2D eigenvalue weighted by atomic mass is 10.1. The molecule has 1 fully saturated rings. The Bertz CT molecular complexity index is 447. The van der Waals surface area contributed by atoms with E-state index in [9.17, 15) is 9.90 Å². The molecule has 2 amide bonds. The first-order valence-corrected chi connectivity index (χ1v) is 7.12. The highest BCUT2D eigenvalue weighted by Crippen LogP contribution is 2.25. The van der Waals surface area contributed by atoms with Crippen LogP contribution in [0, 0.1) is 5.92 Å². The standard InChI is InChI=1S/C15H23N3O2/c1-10(17-9-11-2-7-14(19)8-11)12-3-5-13(6-4-12)18-15(16)20/h3-6,10-11,14,17,19H,2,7-9H2,1H3,(H3,16,18,20). The largest absolute Gasteiger partial charge is 0.393 e. The van der Waals surface area contributed by atoms with Gasteiger partial charge in [-0.1, -0.05) is 12.1 Å². The van der Waals surface area contributed by atoms with E-state index in [0.717, 1.165) is 25.8 Å². The Kier molecular flexibility index (Phi) is 4.98. The zero-order valence-electron chi connectivity index (χ0n) is 11.8. The number of nitrogens with two attached hydrogens (primary N) is 1.